The van der Waals surface area contributed by atoms with Crippen LogP contribution >= 0.6 is 0 Å². The zero-order chi connectivity index (χ0) is 8.65. The van der Waals surface area contributed by atoms with Gasteiger partial charge in [-0.15, -0.1) is 0 Å². The summed E-state index contributed by atoms with van der Waals surface area (Å²) in [6, 6.07) is 0. The SMILES string of the molecule is CCOCCOC1=CCCC=C1. The van der Waals surface area contributed by atoms with Gasteiger partial charge >= 0.3 is 0 Å². The third-order valence-corrected chi connectivity index (χ3v) is 1.66. The molecule has 0 aromatic rings. The van der Waals surface area contributed by atoms with Gasteiger partial charge in [0.25, 0.3) is 0 Å². The van der Waals surface area contributed by atoms with Crippen molar-refractivity contribution < 1.29 is 9.47 Å². The van der Waals surface area contributed by atoms with Crippen LogP contribution in [-0.2, 0) is 9.47 Å². The highest BCUT2D eigenvalue weighted by molar-refractivity contribution is 5.15. The van der Waals surface area contributed by atoms with Gasteiger partial charge in [-0.05, 0) is 31.9 Å². The lowest BCUT2D eigenvalue weighted by Crippen LogP contribution is -2.03. The lowest BCUT2D eigenvalue weighted by molar-refractivity contribution is 0.0861. The van der Waals surface area contributed by atoms with Crippen molar-refractivity contribution >= 4 is 0 Å². The molecular formula is C10H16O2. The molecule has 68 valence electrons. The molecule has 0 fully saturated rings. The predicted octanol–water partition coefficient (Wildman–Crippen LogP) is 2.27. The van der Waals surface area contributed by atoms with Gasteiger partial charge in [-0.1, -0.05) is 6.08 Å². The lowest BCUT2D eigenvalue weighted by atomic mass is 10.2. The van der Waals surface area contributed by atoms with Crippen molar-refractivity contribution in [3.05, 3.63) is 24.0 Å². The number of hydrogen-bond acceptors (Lipinski definition) is 2. The van der Waals surface area contributed by atoms with Crippen LogP contribution in [0.25, 0.3) is 0 Å². The van der Waals surface area contributed by atoms with Crippen molar-refractivity contribution in [1.29, 1.82) is 0 Å². The fourth-order valence-corrected chi connectivity index (χ4v) is 1.06. The Labute approximate surface area is 73.9 Å². The Bertz CT molecular complexity index is 171. The Morgan fingerprint density at radius 3 is 2.92 bits per heavy atom. The molecule has 1 rings (SSSR count). The van der Waals surface area contributed by atoms with Crippen molar-refractivity contribution in [2.24, 2.45) is 0 Å². The molecule has 0 aliphatic heterocycles. The van der Waals surface area contributed by atoms with Gasteiger partial charge in [0.05, 0.1) is 6.61 Å². The average molecular weight is 168 g/mol. The summed E-state index contributed by atoms with van der Waals surface area (Å²) in [5.74, 6) is 0.987. The maximum atomic E-state index is 5.43. The summed E-state index contributed by atoms with van der Waals surface area (Å²) in [5, 5.41) is 0. The van der Waals surface area contributed by atoms with Crippen LogP contribution < -0.4 is 0 Å². The van der Waals surface area contributed by atoms with E-state index in [9.17, 15) is 0 Å². The Hall–Kier alpha value is -0.760. The van der Waals surface area contributed by atoms with E-state index in [0.29, 0.717) is 13.2 Å². The predicted molar refractivity (Wildman–Crippen MR) is 48.9 cm³/mol. The third kappa shape index (κ3) is 3.58. The summed E-state index contributed by atoms with van der Waals surface area (Å²) < 4.78 is 10.6. The molecule has 0 bridgehead atoms. The Kier molecular flexibility index (Phi) is 4.54. The first-order valence-corrected chi connectivity index (χ1v) is 4.50. The van der Waals surface area contributed by atoms with Crippen molar-refractivity contribution in [2.75, 3.05) is 19.8 Å². The van der Waals surface area contributed by atoms with Gasteiger partial charge in [-0.25, -0.2) is 0 Å². The van der Waals surface area contributed by atoms with E-state index >= 15 is 0 Å². The van der Waals surface area contributed by atoms with E-state index in [4.69, 9.17) is 9.47 Å². The van der Waals surface area contributed by atoms with Gasteiger partial charge in [0, 0.05) is 6.61 Å². The maximum Gasteiger partial charge on any atom is 0.115 e. The summed E-state index contributed by atoms with van der Waals surface area (Å²) in [4.78, 5) is 0. The second kappa shape index (κ2) is 5.84. The molecular weight excluding hydrogens is 152 g/mol. The number of allylic oxidation sites excluding steroid dienone is 3. The summed E-state index contributed by atoms with van der Waals surface area (Å²) >= 11 is 0. The van der Waals surface area contributed by atoms with Crippen molar-refractivity contribution in [2.45, 2.75) is 19.8 Å². The minimum atomic E-state index is 0.657. The van der Waals surface area contributed by atoms with Gasteiger partial charge in [0.15, 0.2) is 0 Å². The highest BCUT2D eigenvalue weighted by Gasteiger charge is 1.96. The van der Waals surface area contributed by atoms with Crippen LogP contribution in [0.5, 0.6) is 0 Å². The summed E-state index contributed by atoms with van der Waals surface area (Å²) in [5.41, 5.74) is 0. The molecule has 0 spiro atoms. The van der Waals surface area contributed by atoms with Crippen LogP contribution in [0.2, 0.25) is 0 Å². The van der Waals surface area contributed by atoms with E-state index in [1.165, 1.54) is 0 Å². The molecule has 0 amide bonds. The van der Waals surface area contributed by atoms with Crippen LogP contribution in [0.1, 0.15) is 19.8 Å². The molecule has 2 heteroatoms. The Morgan fingerprint density at radius 2 is 2.25 bits per heavy atom. The minimum absolute atomic E-state index is 0.657. The molecule has 0 radical (unpaired) electrons. The zero-order valence-corrected chi connectivity index (χ0v) is 7.58. The second-order valence-electron chi connectivity index (χ2n) is 2.63. The fourth-order valence-electron chi connectivity index (χ4n) is 1.06. The maximum absolute atomic E-state index is 5.43. The average Bonchev–Trinajstić information content (AvgIpc) is 2.14. The largest absolute Gasteiger partial charge is 0.492 e. The van der Waals surface area contributed by atoms with Crippen LogP contribution in [0, 0.1) is 0 Å². The molecule has 0 unspecified atom stereocenters. The smallest absolute Gasteiger partial charge is 0.115 e. The van der Waals surface area contributed by atoms with E-state index in [0.717, 1.165) is 25.2 Å². The molecule has 1 aliphatic carbocycles. The topological polar surface area (TPSA) is 18.5 Å². The number of hydrogen-bond donors (Lipinski definition) is 0. The quantitative estimate of drug-likeness (QED) is 0.586. The second-order valence-corrected chi connectivity index (χ2v) is 2.63. The van der Waals surface area contributed by atoms with Crippen LogP contribution in [0.3, 0.4) is 0 Å². The highest BCUT2D eigenvalue weighted by atomic mass is 16.5. The van der Waals surface area contributed by atoms with Crippen LogP contribution in [-0.4, -0.2) is 19.8 Å². The third-order valence-electron chi connectivity index (χ3n) is 1.66. The first-order chi connectivity index (χ1) is 5.93. The van der Waals surface area contributed by atoms with Gasteiger partial charge in [-0.2, -0.15) is 0 Å². The molecule has 0 N–H and O–H groups in total. The first-order valence-electron chi connectivity index (χ1n) is 4.50. The molecule has 0 saturated carbocycles. The molecule has 0 atom stereocenters. The molecule has 0 aromatic carbocycles. The summed E-state index contributed by atoms with van der Waals surface area (Å²) in [6.07, 6.45) is 8.51. The monoisotopic (exact) mass is 168 g/mol. The molecule has 0 heterocycles. The van der Waals surface area contributed by atoms with E-state index < -0.39 is 0 Å². The van der Waals surface area contributed by atoms with E-state index in [2.05, 4.69) is 12.2 Å². The minimum Gasteiger partial charge on any atom is -0.492 e. The normalized spacial score (nSPS) is 15.9. The molecule has 0 saturated heterocycles. The standard InChI is InChI=1S/C10H16O2/c1-2-11-8-9-12-10-6-4-3-5-7-10/h4,6-7H,2-3,5,8-9H2,1H3. The van der Waals surface area contributed by atoms with Crippen molar-refractivity contribution in [1.82, 2.24) is 0 Å². The highest BCUT2D eigenvalue weighted by Crippen LogP contribution is 2.09. The molecule has 0 aromatic heterocycles. The number of rotatable bonds is 5. The van der Waals surface area contributed by atoms with Gasteiger partial charge in [0.2, 0.25) is 0 Å². The van der Waals surface area contributed by atoms with Gasteiger partial charge < -0.3 is 9.47 Å². The van der Waals surface area contributed by atoms with Gasteiger partial charge in [-0.3, -0.25) is 0 Å². The Balaban J connectivity index is 2.06. The lowest BCUT2D eigenvalue weighted by Gasteiger charge is -2.09. The van der Waals surface area contributed by atoms with Crippen molar-refractivity contribution in [3.8, 4) is 0 Å². The van der Waals surface area contributed by atoms with Crippen LogP contribution in [0.4, 0.5) is 0 Å². The van der Waals surface area contributed by atoms with Gasteiger partial charge in [0.1, 0.15) is 12.4 Å². The summed E-state index contributed by atoms with van der Waals surface area (Å²) in [6.45, 7) is 4.09. The van der Waals surface area contributed by atoms with E-state index in [1.807, 2.05) is 13.0 Å². The fraction of sp³-hybridized carbons (Fsp3) is 0.600. The first kappa shape index (κ1) is 9.33. The van der Waals surface area contributed by atoms with Crippen LogP contribution in [0.15, 0.2) is 24.0 Å². The van der Waals surface area contributed by atoms with E-state index in [1.54, 1.807) is 0 Å². The molecule has 1 aliphatic rings. The molecule has 12 heavy (non-hydrogen) atoms. The number of ether oxygens (including phenoxy) is 2. The molecule has 2 nitrogen and oxygen atoms in total. The van der Waals surface area contributed by atoms with Crippen molar-refractivity contribution in [3.63, 3.8) is 0 Å². The summed E-state index contributed by atoms with van der Waals surface area (Å²) in [7, 11) is 0. The Morgan fingerprint density at radius 1 is 1.33 bits per heavy atom. The van der Waals surface area contributed by atoms with E-state index in [-0.39, 0.29) is 0 Å². The zero-order valence-electron chi connectivity index (χ0n) is 7.58.